The lowest BCUT2D eigenvalue weighted by atomic mass is 9.81. The summed E-state index contributed by atoms with van der Waals surface area (Å²) in [6, 6.07) is 18.1. The fourth-order valence-corrected chi connectivity index (χ4v) is 7.88. The van der Waals surface area contributed by atoms with Gasteiger partial charge in [-0.2, -0.15) is 0 Å². The van der Waals surface area contributed by atoms with Crippen molar-refractivity contribution in [2.45, 2.75) is 76.0 Å². The van der Waals surface area contributed by atoms with Gasteiger partial charge in [0, 0.05) is 54.7 Å². The summed E-state index contributed by atoms with van der Waals surface area (Å²) in [6.07, 6.45) is 7.96. The number of ether oxygens (including phenoxy) is 3. The summed E-state index contributed by atoms with van der Waals surface area (Å²) >= 11 is 0. The summed E-state index contributed by atoms with van der Waals surface area (Å²) in [4.78, 5) is 29.8. The summed E-state index contributed by atoms with van der Waals surface area (Å²) in [5.41, 5.74) is 5.94. The number of nitrogens with one attached hydrogen (secondary N) is 1. The van der Waals surface area contributed by atoms with Gasteiger partial charge >= 0.3 is 0 Å². The van der Waals surface area contributed by atoms with Crippen molar-refractivity contribution < 1.29 is 28.9 Å². The van der Waals surface area contributed by atoms with E-state index < -0.39 is 6.04 Å². The van der Waals surface area contributed by atoms with Crippen molar-refractivity contribution in [3.05, 3.63) is 77.4 Å². The molecule has 3 aliphatic rings. The first-order valence-corrected chi connectivity index (χ1v) is 17.3. The highest BCUT2D eigenvalue weighted by Crippen LogP contribution is 2.47. The molecule has 9 nitrogen and oxygen atoms in total. The summed E-state index contributed by atoms with van der Waals surface area (Å²) < 4.78 is 19.6. The standard InChI is InChI=1S/C39H45N3O6/c1-46-29-16-18-41(19-17-29)39(45)33(22-25-8-11-28(43)12-9-25)40-38(44)27-10-14-31-34(23-27)42-20-21-48-35-24-30(47-2)13-15-32(35)37(42)36(31)26-6-4-3-5-7-26/h8-15,23-24,26,29,33,43H,3-7,16-22H2,1-2H3,(H,40,44)/t33-/m0/s1. The molecule has 3 heterocycles. The predicted molar refractivity (Wildman–Crippen MR) is 185 cm³/mol. The van der Waals surface area contributed by atoms with Gasteiger partial charge in [0.05, 0.1) is 25.5 Å². The fourth-order valence-electron chi connectivity index (χ4n) is 7.88. The maximum Gasteiger partial charge on any atom is 0.252 e. The Hall–Kier alpha value is -4.50. The average Bonchev–Trinajstić information content (AvgIpc) is 3.33. The Kier molecular flexibility index (Phi) is 9.30. The molecule has 1 atom stereocenters. The van der Waals surface area contributed by atoms with Crippen molar-refractivity contribution in [3.8, 4) is 28.5 Å². The number of phenols is 1. The summed E-state index contributed by atoms with van der Waals surface area (Å²) in [5, 5.41) is 14.1. The van der Waals surface area contributed by atoms with Crippen molar-refractivity contribution >= 4 is 22.7 Å². The molecule has 7 rings (SSSR count). The van der Waals surface area contributed by atoms with Crippen LogP contribution in [0.3, 0.4) is 0 Å². The van der Waals surface area contributed by atoms with E-state index in [0.29, 0.717) is 44.1 Å². The number of hydrogen-bond acceptors (Lipinski definition) is 6. The van der Waals surface area contributed by atoms with Gasteiger partial charge < -0.3 is 34.1 Å². The largest absolute Gasteiger partial charge is 0.508 e. The Morgan fingerprint density at radius 2 is 1.71 bits per heavy atom. The third-order valence-electron chi connectivity index (χ3n) is 10.5. The number of piperidine rings is 1. The van der Waals surface area contributed by atoms with Crippen molar-refractivity contribution in [2.24, 2.45) is 0 Å². The van der Waals surface area contributed by atoms with Gasteiger partial charge in [-0.3, -0.25) is 9.59 Å². The van der Waals surface area contributed by atoms with Gasteiger partial charge in [0.2, 0.25) is 5.91 Å². The highest BCUT2D eigenvalue weighted by molar-refractivity contribution is 6.02. The van der Waals surface area contributed by atoms with Gasteiger partial charge in [0.25, 0.3) is 5.91 Å². The Bertz CT molecular complexity index is 1780. The molecule has 0 unspecified atom stereocenters. The van der Waals surface area contributed by atoms with E-state index in [1.807, 2.05) is 29.2 Å². The molecule has 2 fully saturated rings. The number of aromatic nitrogens is 1. The van der Waals surface area contributed by atoms with Crippen molar-refractivity contribution in [1.82, 2.24) is 14.8 Å². The number of carbonyl (C=O) groups excluding carboxylic acids is 2. The van der Waals surface area contributed by atoms with Crippen LogP contribution in [0.1, 0.15) is 72.3 Å². The summed E-state index contributed by atoms with van der Waals surface area (Å²) in [7, 11) is 3.37. The normalized spacial score (nSPS) is 17.6. The lowest BCUT2D eigenvalue weighted by Gasteiger charge is -2.34. The van der Waals surface area contributed by atoms with E-state index >= 15 is 0 Å². The molecule has 4 aromatic rings. The number of aromatic hydroxyl groups is 1. The maximum atomic E-state index is 14.1. The van der Waals surface area contributed by atoms with Crippen LogP contribution in [0.25, 0.3) is 22.2 Å². The number of amides is 2. The van der Waals surface area contributed by atoms with Crippen molar-refractivity contribution in [1.29, 1.82) is 0 Å². The van der Waals surface area contributed by atoms with Crippen LogP contribution in [0.15, 0.2) is 60.7 Å². The Morgan fingerprint density at radius 1 is 0.938 bits per heavy atom. The highest BCUT2D eigenvalue weighted by atomic mass is 16.5. The third kappa shape index (κ3) is 6.35. The van der Waals surface area contributed by atoms with Gasteiger partial charge in [0.15, 0.2) is 0 Å². The molecule has 2 N–H and O–H groups in total. The Morgan fingerprint density at radius 3 is 2.44 bits per heavy atom. The Labute approximate surface area is 281 Å². The lowest BCUT2D eigenvalue weighted by molar-refractivity contribution is -0.135. The summed E-state index contributed by atoms with van der Waals surface area (Å²) in [6.45, 7) is 2.32. The van der Waals surface area contributed by atoms with Crippen LogP contribution in [0, 0.1) is 0 Å². The second-order valence-electron chi connectivity index (χ2n) is 13.3. The Balaban J connectivity index is 1.24. The van der Waals surface area contributed by atoms with Crippen LogP contribution >= 0.6 is 0 Å². The number of methoxy groups -OCH3 is 2. The molecule has 1 aromatic heterocycles. The number of rotatable bonds is 8. The minimum Gasteiger partial charge on any atom is -0.508 e. The number of nitrogens with zero attached hydrogens (tertiary/aromatic N) is 2. The van der Waals surface area contributed by atoms with Crippen LogP contribution in [-0.4, -0.2) is 72.4 Å². The average molecular weight is 652 g/mol. The van der Waals surface area contributed by atoms with Gasteiger partial charge in [0.1, 0.15) is 29.9 Å². The maximum absolute atomic E-state index is 14.1. The second-order valence-corrected chi connectivity index (χ2v) is 13.3. The topological polar surface area (TPSA) is 102 Å². The van der Waals surface area contributed by atoms with Gasteiger partial charge in [-0.15, -0.1) is 0 Å². The van der Waals surface area contributed by atoms with E-state index in [0.717, 1.165) is 53.8 Å². The zero-order valence-corrected chi connectivity index (χ0v) is 27.9. The molecule has 2 aliphatic heterocycles. The molecule has 0 spiro atoms. The molecule has 1 aliphatic carbocycles. The summed E-state index contributed by atoms with van der Waals surface area (Å²) in [5.74, 6) is 1.77. The third-order valence-corrected chi connectivity index (χ3v) is 10.5. The number of hydrogen-bond donors (Lipinski definition) is 2. The number of fused-ring (bicyclic) bond motifs is 5. The van der Waals surface area contributed by atoms with E-state index in [9.17, 15) is 14.7 Å². The minimum atomic E-state index is -0.755. The van der Waals surface area contributed by atoms with Gasteiger partial charge in [-0.1, -0.05) is 37.5 Å². The van der Waals surface area contributed by atoms with Crippen LogP contribution in [0.2, 0.25) is 0 Å². The van der Waals surface area contributed by atoms with Gasteiger partial charge in [-0.05, 0) is 79.1 Å². The van der Waals surface area contributed by atoms with Crippen LogP contribution in [-0.2, 0) is 22.5 Å². The molecular formula is C39H45N3O6. The molecule has 1 saturated heterocycles. The lowest BCUT2D eigenvalue weighted by Crippen LogP contribution is -2.52. The van der Waals surface area contributed by atoms with Crippen molar-refractivity contribution in [3.63, 3.8) is 0 Å². The minimum absolute atomic E-state index is 0.104. The molecule has 48 heavy (non-hydrogen) atoms. The smallest absolute Gasteiger partial charge is 0.252 e. The molecule has 3 aromatic carbocycles. The SMILES string of the molecule is COc1ccc2c(c1)OCCn1c-2c(C2CCCCC2)c2ccc(C(=O)N[C@@H](Cc3ccc(O)cc3)C(=O)N3CCC(OC)CC3)cc21. The molecule has 1 saturated carbocycles. The quantitative estimate of drug-likeness (QED) is 0.227. The van der Waals surface area contributed by atoms with E-state index in [2.05, 4.69) is 22.0 Å². The number of phenolic OH excluding ortho intramolecular Hbond substituents is 1. The molecule has 0 bridgehead atoms. The molecule has 2 amide bonds. The van der Waals surface area contributed by atoms with Crippen LogP contribution in [0.5, 0.6) is 17.2 Å². The fraction of sp³-hybridized carbons (Fsp3) is 0.436. The van der Waals surface area contributed by atoms with E-state index in [1.165, 1.54) is 35.9 Å². The van der Waals surface area contributed by atoms with Gasteiger partial charge in [-0.25, -0.2) is 0 Å². The zero-order valence-electron chi connectivity index (χ0n) is 27.9. The predicted octanol–water partition coefficient (Wildman–Crippen LogP) is 6.44. The van der Waals surface area contributed by atoms with Crippen molar-refractivity contribution in [2.75, 3.05) is 33.9 Å². The highest BCUT2D eigenvalue weighted by Gasteiger charge is 2.32. The molecule has 0 radical (unpaired) electrons. The van der Waals surface area contributed by atoms with E-state index in [4.69, 9.17) is 14.2 Å². The van der Waals surface area contributed by atoms with E-state index in [1.54, 1.807) is 38.5 Å². The van der Waals surface area contributed by atoms with Crippen LogP contribution < -0.4 is 14.8 Å². The zero-order chi connectivity index (χ0) is 33.2. The number of carbonyl (C=O) groups is 2. The molecular weight excluding hydrogens is 606 g/mol. The number of likely N-dealkylation sites (tertiary alicyclic amines) is 1. The molecule has 252 valence electrons. The first kappa shape index (κ1) is 32.1. The number of benzene rings is 3. The molecule has 9 heteroatoms. The monoisotopic (exact) mass is 651 g/mol. The van der Waals surface area contributed by atoms with Crippen LogP contribution in [0.4, 0.5) is 0 Å². The second kappa shape index (κ2) is 13.9. The first-order chi connectivity index (χ1) is 23.4. The van der Waals surface area contributed by atoms with E-state index in [-0.39, 0.29) is 23.7 Å². The first-order valence-electron chi connectivity index (χ1n) is 17.3.